The minimum atomic E-state index is -2.73. The molecule has 1 aliphatic carbocycles. The van der Waals surface area contributed by atoms with Crippen LogP contribution in [0.1, 0.15) is 24.5 Å². The van der Waals surface area contributed by atoms with E-state index in [1.165, 1.54) is 12.0 Å². The number of fused-ring (bicyclic) bond motifs is 1. The van der Waals surface area contributed by atoms with Gasteiger partial charge in [-0.25, -0.2) is 8.78 Å². The summed E-state index contributed by atoms with van der Waals surface area (Å²) in [5.74, 6) is -2.01. The summed E-state index contributed by atoms with van der Waals surface area (Å²) in [7, 11) is 0. The van der Waals surface area contributed by atoms with Crippen molar-refractivity contribution in [1.29, 1.82) is 0 Å². The molecule has 0 spiro atoms. The predicted octanol–water partition coefficient (Wildman–Crippen LogP) is 2.66. The Bertz CT molecular complexity index is 407. The van der Waals surface area contributed by atoms with Crippen molar-refractivity contribution < 1.29 is 8.78 Å². The van der Waals surface area contributed by atoms with Crippen LogP contribution in [-0.4, -0.2) is 13.1 Å². The molecule has 0 amide bonds. The van der Waals surface area contributed by atoms with E-state index in [-0.39, 0.29) is 11.0 Å². The van der Waals surface area contributed by atoms with Crippen molar-refractivity contribution in [2.24, 2.45) is 5.92 Å². The Morgan fingerprint density at radius 3 is 2.44 bits per heavy atom. The largest absolute Gasteiger partial charge is 0.316 e. The highest BCUT2D eigenvalue weighted by atomic mass is 19.3. The Kier molecular flexibility index (Phi) is 1.94. The third-order valence-corrected chi connectivity index (χ3v) is 4.03. The van der Waals surface area contributed by atoms with Gasteiger partial charge in [-0.15, -0.1) is 0 Å². The molecule has 3 heteroatoms. The van der Waals surface area contributed by atoms with Gasteiger partial charge in [0.05, 0.1) is 0 Å². The molecule has 1 saturated carbocycles. The first kappa shape index (κ1) is 10.2. The van der Waals surface area contributed by atoms with Crippen molar-refractivity contribution in [1.82, 2.24) is 5.32 Å². The van der Waals surface area contributed by atoms with Gasteiger partial charge in [-0.1, -0.05) is 24.3 Å². The zero-order valence-corrected chi connectivity index (χ0v) is 9.26. The molecule has 1 heterocycles. The van der Waals surface area contributed by atoms with Crippen molar-refractivity contribution in [2.75, 3.05) is 13.1 Å². The third-order valence-electron chi connectivity index (χ3n) is 4.03. The first-order valence-electron chi connectivity index (χ1n) is 5.72. The molecule has 1 saturated heterocycles. The van der Waals surface area contributed by atoms with Crippen molar-refractivity contribution in [2.45, 2.75) is 24.7 Å². The minimum absolute atomic E-state index is 0.107. The van der Waals surface area contributed by atoms with E-state index in [1.807, 2.05) is 12.1 Å². The van der Waals surface area contributed by atoms with E-state index >= 15 is 0 Å². The number of nitrogens with one attached hydrogen (secondary N) is 1. The van der Waals surface area contributed by atoms with Gasteiger partial charge in [-0.2, -0.15) is 0 Å². The molecule has 1 aromatic rings. The molecule has 86 valence electrons. The second kappa shape index (κ2) is 3.04. The molecule has 16 heavy (non-hydrogen) atoms. The van der Waals surface area contributed by atoms with Gasteiger partial charge in [0.1, 0.15) is 0 Å². The van der Waals surface area contributed by atoms with Crippen LogP contribution in [0.25, 0.3) is 0 Å². The maximum Gasteiger partial charge on any atom is 0.270 e. The van der Waals surface area contributed by atoms with E-state index in [0.29, 0.717) is 0 Å². The molecule has 2 fully saturated rings. The second-order valence-corrected chi connectivity index (χ2v) is 5.15. The van der Waals surface area contributed by atoms with Crippen molar-refractivity contribution in [3.8, 4) is 0 Å². The SMILES string of the molecule is CC(F)(F)c1ccc(C23CNCC2C3)cc1. The maximum atomic E-state index is 13.1. The van der Waals surface area contributed by atoms with Crippen LogP contribution in [-0.2, 0) is 11.3 Å². The Balaban J connectivity index is 1.89. The highest BCUT2D eigenvalue weighted by Gasteiger charge is 2.57. The molecular formula is C13H15F2N. The topological polar surface area (TPSA) is 12.0 Å². The normalized spacial score (nSPS) is 32.6. The molecule has 1 N–H and O–H groups in total. The average molecular weight is 223 g/mol. The molecule has 0 bridgehead atoms. The average Bonchev–Trinajstić information content (AvgIpc) is 2.81. The quantitative estimate of drug-likeness (QED) is 0.812. The first-order valence-corrected chi connectivity index (χ1v) is 5.72. The minimum Gasteiger partial charge on any atom is -0.316 e. The van der Waals surface area contributed by atoms with E-state index in [2.05, 4.69) is 5.32 Å². The number of alkyl halides is 2. The Labute approximate surface area is 93.9 Å². The van der Waals surface area contributed by atoms with Gasteiger partial charge in [-0.05, 0) is 24.4 Å². The van der Waals surface area contributed by atoms with E-state index < -0.39 is 5.92 Å². The fraction of sp³-hybridized carbons (Fsp3) is 0.538. The van der Waals surface area contributed by atoms with Crippen LogP contribution in [0, 0.1) is 5.92 Å². The summed E-state index contributed by atoms with van der Waals surface area (Å²) in [5.41, 5.74) is 1.59. The zero-order valence-electron chi connectivity index (χ0n) is 9.26. The van der Waals surface area contributed by atoms with E-state index in [9.17, 15) is 8.78 Å². The summed E-state index contributed by atoms with van der Waals surface area (Å²) in [6.07, 6.45) is 1.21. The van der Waals surface area contributed by atoms with Gasteiger partial charge >= 0.3 is 0 Å². The molecule has 2 atom stereocenters. The molecule has 2 aliphatic rings. The molecular weight excluding hydrogens is 208 g/mol. The number of hydrogen-bond donors (Lipinski definition) is 1. The molecule has 2 unspecified atom stereocenters. The second-order valence-electron chi connectivity index (χ2n) is 5.15. The fourth-order valence-electron chi connectivity index (χ4n) is 2.88. The molecule has 0 radical (unpaired) electrons. The van der Waals surface area contributed by atoms with E-state index in [4.69, 9.17) is 0 Å². The highest BCUT2D eigenvalue weighted by molar-refractivity contribution is 5.39. The van der Waals surface area contributed by atoms with Gasteiger partial charge in [0.2, 0.25) is 0 Å². The third kappa shape index (κ3) is 1.38. The number of rotatable bonds is 2. The number of hydrogen-bond acceptors (Lipinski definition) is 1. The maximum absolute atomic E-state index is 13.1. The van der Waals surface area contributed by atoms with E-state index in [0.717, 1.165) is 25.9 Å². The summed E-state index contributed by atoms with van der Waals surface area (Å²) in [5, 5.41) is 3.36. The summed E-state index contributed by atoms with van der Waals surface area (Å²) in [6, 6.07) is 6.88. The van der Waals surface area contributed by atoms with Gasteiger partial charge in [-0.3, -0.25) is 0 Å². The predicted molar refractivity (Wildman–Crippen MR) is 58.7 cm³/mol. The molecule has 1 aliphatic heterocycles. The van der Waals surface area contributed by atoms with Gasteiger partial charge < -0.3 is 5.32 Å². The lowest BCUT2D eigenvalue weighted by molar-refractivity contribution is 0.0174. The van der Waals surface area contributed by atoms with Crippen LogP contribution < -0.4 is 5.32 Å². The number of piperidine rings is 1. The van der Waals surface area contributed by atoms with Crippen molar-refractivity contribution in [3.05, 3.63) is 35.4 Å². The van der Waals surface area contributed by atoms with Crippen molar-refractivity contribution >= 4 is 0 Å². The lowest BCUT2D eigenvalue weighted by atomic mass is 9.93. The molecule has 1 nitrogen and oxygen atoms in total. The Morgan fingerprint density at radius 2 is 2.00 bits per heavy atom. The molecule has 1 aromatic carbocycles. The lowest BCUT2D eigenvalue weighted by Gasteiger charge is -2.15. The van der Waals surface area contributed by atoms with Crippen LogP contribution in [0.2, 0.25) is 0 Å². The van der Waals surface area contributed by atoms with Crippen LogP contribution in [0.15, 0.2) is 24.3 Å². The summed E-state index contributed by atoms with van der Waals surface area (Å²) >= 11 is 0. The summed E-state index contributed by atoms with van der Waals surface area (Å²) in [4.78, 5) is 0. The molecule has 3 rings (SSSR count). The van der Waals surface area contributed by atoms with E-state index in [1.54, 1.807) is 12.1 Å². The fourth-order valence-corrected chi connectivity index (χ4v) is 2.88. The molecule has 0 aromatic heterocycles. The van der Waals surface area contributed by atoms with Crippen molar-refractivity contribution in [3.63, 3.8) is 0 Å². The van der Waals surface area contributed by atoms with Crippen LogP contribution in [0.4, 0.5) is 8.78 Å². The first-order chi connectivity index (χ1) is 7.52. The Morgan fingerprint density at radius 1 is 1.31 bits per heavy atom. The lowest BCUT2D eigenvalue weighted by Crippen LogP contribution is -2.19. The smallest absolute Gasteiger partial charge is 0.270 e. The van der Waals surface area contributed by atoms with Gasteiger partial charge in [0.25, 0.3) is 5.92 Å². The van der Waals surface area contributed by atoms with Gasteiger partial charge in [0, 0.05) is 24.4 Å². The monoisotopic (exact) mass is 223 g/mol. The summed E-state index contributed by atoms with van der Waals surface area (Å²) in [6.45, 7) is 3.02. The number of halogens is 2. The Hall–Kier alpha value is -0.960. The van der Waals surface area contributed by atoms with Crippen LogP contribution in [0.5, 0.6) is 0 Å². The highest BCUT2D eigenvalue weighted by Crippen LogP contribution is 2.56. The van der Waals surface area contributed by atoms with Gasteiger partial charge in [0.15, 0.2) is 0 Å². The summed E-state index contributed by atoms with van der Waals surface area (Å²) < 4.78 is 26.1. The zero-order chi connectivity index (χ0) is 11.4. The standard InChI is InChI=1S/C13H15F2N/c1-12(14,15)9-2-4-10(5-3-9)13-6-11(13)7-16-8-13/h2-5,11,16H,6-8H2,1H3. The van der Waals surface area contributed by atoms with Crippen LogP contribution >= 0.6 is 0 Å². The number of benzene rings is 1. The van der Waals surface area contributed by atoms with Crippen LogP contribution in [0.3, 0.4) is 0 Å².